The summed E-state index contributed by atoms with van der Waals surface area (Å²) >= 11 is 6.11. The Bertz CT molecular complexity index is 1020. The van der Waals surface area contributed by atoms with E-state index in [2.05, 4.69) is 0 Å². The predicted molar refractivity (Wildman–Crippen MR) is 129 cm³/mol. The van der Waals surface area contributed by atoms with Crippen molar-refractivity contribution < 1.29 is 44.6 Å². The van der Waals surface area contributed by atoms with E-state index in [4.69, 9.17) is 36.1 Å². The van der Waals surface area contributed by atoms with Crippen molar-refractivity contribution in [3.63, 3.8) is 0 Å². The van der Waals surface area contributed by atoms with Crippen LogP contribution in [0.25, 0.3) is 12.2 Å². The first kappa shape index (κ1) is 27.9. The largest absolute Gasteiger partial charge is 0.508 e. The zero-order valence-corrected chi connectivity index (χ0v) is 19.4. The minimum absolute atomic E-state index is 0.131. The molecular formula is C25H27ClO9. The van der Waals surface area contributed by atoms with Crippen LogP contribution >= 0.6 is 11.6 Å². The number of esters is 1. The molecule has 3 rings (SSSR count). The summed E-state index contributed by atoms with van der Waals surface area (Å²) in [4.78, 5) is 20.7. The van der Waals surface area contributed by atoms with Crippen LogP contribution < -0.4 is 0 Å². The summed E-state index contributed by atoms with van der Waals surface area (Å²) in [6.07, 6.45) is 1.67. The molecule has 188 valence electrons. The number of aliphatic hydroxyl groups excluding tert-OH is 2. The Labute approximate surface area is 207 Å². The number of aliphatic hydroxyl groups is 2. The van der Waals surface area contributed by atoms with Gasteiger partial charge in [0.1, 0.15) is 18.0 Å². The van der Waals surface area contributed by atoms with Crippen molar-refractivity contribution in [1.29, 1.82) is 0 Å². The molecule has 0 heterocycles. The number of carbonyl (C=O) groups excluding carboxylic acids is 1. The first-order valence-corrected chi connectivity index (χ1v) is 11.0. The third-order valence-electron chi connectivity index (χ3n) is 4.98. The molecule has 2 aromatic carbocycles. The predicted octanol–water partition coefficient (Wildman–Crippen LogP) is 3.81. The van der Waals surface area contributed by atoms with Gasteiger partial charge in [-0.25, -0.2) is 9.59 Å². The second-order valence-corrected chi connectivity index (χ2v) is 8.00. The number of ether oxygens (including phenoxy) is 2. The molecule has 4 atom stereocenters. The number of carboxylic acid groups (broad SMARTS) is 2. The molecule has 35 heavy (non-hydrogen) atoms. The standard InChI is InChI=1S/C24H25ClO6.CH2O3/c25-20-6-2-1-4-17(20)5-3-13-30-19-14-21(27)24(29)22(15-19)31-23(28)12-9-16-7-10-18(26)11-8-16;2-1(3)4/h1-12,19,21-22,24,26-27,29H,13-15H2;(H2,2,3,4)/b5-3+,12-9+;/t19-,21-,22+,24+;/m0./s1. The highest BCUT2D eigenvalue weighted by atomic mass is 35.5. The molecule has 2 aromatic rings. The van der Waals surface area contributed by atoms with E-state index in [9.17, 15) is 20.1 Å². The Morgan fingerprint density at radius 2 is 1.66 bits per heavy atom. The molecule has 9 nitrogen and oxygen atoms in total. The maximum absolute atomic E-state index is 12.1. The zero-order valence-electron chi connectivity index (χ0n) is 18.6. The molecule has 0 aliphatic heterocycles. The smallest absolute Gasteiger partial charge is 0.503 e. The van der Waals surface area contributed by atoms with E-state index in [1.54, 1.807) is 24.3 Å². The third-order valence-corrected chi connectivity index (χ3v) is 5.32. The molecular weight excluding hydrogens is 480 g/mol. The fraction of sp³-hybridized carbons (Fsp3) is 0.280. The number of hydrogen-bond donors (Lipinski definition) is 5. The first-order chi connectivity index (χ1) is 16.7. The Morgan fingerprint density at radius 1 is 1.00 bits per heavy atom. The van der Waals surface area contributed by atoms with Crippen LogP contribution in [-0.4, -0.2) is 68.7 Å². The summed E-state index contributed by atoms with van der Waals surface area (Å²) in [5.41, 5.74) is 1.59. The lowest BCUT2D eigenvalue weighted by Gasteiger charge is -2.35. The molecule has 1 aliphatic rings. The molecule has 0 radical (unpaired) electrons. The van der Waals surface area contributed by atoms with Gasteiger partial charge in [-0.05, 0) is 35.4 Å². The second-order valence-electron chi connectivity index (χ2n) is 7.59. The minimum atomic E-state index is -1.83. The fourth-order valence-electron chi connectivity index (χ4n) is 3.32. The molecule has 10 heteroatoms. The molecule has 1 fully saturated rings. The van der Waals surface area contributed by atoms with Crippen LogP contribution in [0.2, 0.25) is 5.02 Å². The molecule has 0 amide bonds. The van der Waals surface area contributed by atoms with Crippen molar-refractivity contribution in [2.75, 3.05) is 6.61 Å². The van der Waals surface area contributed by atoms with E-state index in [1.165, 1.54) is 18.2 Å². The van der Waals surface area contributed by atoms with E-state index in [-0.39, 0.29) is 24.7 Å². The quantitative estimate of drug-likeness (QED) is 0.278. The van der Waals surface area contributed by atoms with E-state index in [1.807, 2.05) is 30.4 Å². The lowest BCUT2D eigenvalue weighted by molar-refractivity contribution is -0.169. The SMILES string of the molecule is O=C(/C=C/c1ccc(O)cc1)O[C@@H]1C[C@@H](OC/C=C/c2ccccc2Cl)C[C@H](O)[C@H]1O.O=C(O)O. The summed E-state index contributed by atoms with van der Waals surface area (Å²) in [5.74, 6) is -0.504. The number of rotatable bonds is 7. The van der Waals surface area contributed by atoms with Gasteiger partial charge in [0.05, 0.1) is 18.8 Å². The highest BCUT2D eigenvalue weighted by molar-refractivity contribution is 6.32. The number of halogens is 1. The topological polar surface area (TPSA) is 154 Å². The van der Waals surface area contributed by atoms with E-state index >= 15 is 0 Å². The summed E-state index contributed by atoms with van der Waals surface area (Å²) in [6, 6.07) is 13.8. The van der Waals surface area contributed by atoms with Crippen LogP contribution in [0.1, 0.15) is 24.0 Å². The average molecular weight is 507 g/mol. The van der Waals surface area contributed by atoms with Crippen molar-refractivity contribution in [2.45, 2.75) is 37.3 Å². The Hall–Kier alpha value is -3.37. The molecule has 1 aliphatic carbocycles. The number of benzene rings is 2. The summed E-state index contributed by atoms with van der Waals surface area (Å²) in [7, 11) is 0. The normalized spacial score (nSPS) is 21.9. The Morgan fingerprint density at radius 3 is 2.31 bits per heavy atom. The number of phenolic OH excluding ortho intramolecular Hbond substituents is 1. The van der Waals surface area contributed by atoms with Gasteiger partial charge in [0.2, 0.25) is 0 Å². The van der Waals surface area contributed by atoms with Gasteiger partial charge < -0.3 is 35.0 Å². The second kappa shape index (κ2) is 14.1. The molecule has 0 unspecified atom stereocenters. The van der Waals surface area contributed by atoms with Crippen LogP contribution in [0, 0.1) is 0 Å². The van der Waals surface area contributed by atoms with Gasteiger partial charge in [-0.15, -0.1) is 0 Å². The first-order valence-electron chi connectivity index (χ1n) is 10.6. The lowest BCUT2D eigenvalue weighted by Crippen LogP contribution is -2.48. The van der Waals surface area contributed by atoms with Crippen molar-refractivity contribution in [3.8, 4) is 5.75 Å². The van der Waals surface area contributed by atoms with Gasteiger partial charge in [0.15, 0.2) is 0 Å². The van der Waals surface area contributed by atoms with Gasteiger partial charge in [-0.1, -0.05) is 54.1 Å². The van der Waals surface area contributed by atoms with Crippen molar-refractivity contribution in [2.24, 2.45) is 0 Å². The van der Waals surface area contributed by atoms with Gasteiger partial charge in [0.25, 0.3) is 0 Å². The highest BCUT2D eigenvalue weighted by Gasteiger charge is 2.38. The van der Waals surface area contributed by atoms with Crippen molar-refractivity contribution in [3.05, 3.63) is 76.8 Å². The molecule has 0 bridgehead atoms. The minimum Gasteiger partial charge on any atom is -0.508 e. The number of aromatic hydroxyl groups is 1. The third kappa shape index (κ3) is 10.2. The molecule has 0 aromatic heterocycles. The zero-order chi connectivity index (χ0) is 25.8. The maximum Gasteiger partial charge on any atom is 0.503 e. The Balaban J connectivity index is 0.00000100. The molecule has 0 saturated heterocycles. The van der Waals surface area contributed by atoms with Crippen LogP contribution in [0.5, 0.6) is 5.75 Å². The Kier molecular flexibility index (Phi) is 11.2. The van der Waals surface area contributed by atoms with Crippen LogP contribution in [0.4, 0.5) is 4.79 Å². The number of hydrogen-bond acceptors (Lipinski definition) is 7. The lowest BCUT2D eigenvalue weighted by atomic mass is 9.89. The summed E-state index contributed by atoms with van der Waals surface area (Å²) in [6.45, 7) is 0.292. The van der Waals surface area contributed by atoms with Crippen LogP contribution in [0.3, 0.4) is 0 Å². The van der Waals surface area contributed by atoms with Gasteiger partial charge >= 0.3 is 12.1 Å². The molecule has 5 N–H and O–H groups in total. The van der Waals surface area contributed by atoms with Crippen LogP contribution in [-0.2, 0) is 14.3 Å². The van der Waals surface area contributed by atoms with Gasteiger partial charge in [-0.3, -0.25) is 0 Å². The molecule has 1 saturated carbocycles. The summed E-state index contributed by atoms with van der Waals surface area (Å²) in [5, 5.41) is 44.2. The van der Waals surface area contributed by atoms with E-state index in [0.717, 1.165) is 5.56 Å². The van der Waals surface area contributed by atoms with E-state index in [0.29, 0.717) is 17.2 Å². The van der Waals surface area contributed by atoms with Crippen LogP contribution in [0.15, 0.2) is 60.7 Å². The average Bonchev–Trinajstić information content (AvgIpc) is 2.80. The monoisotopic (exact) mass is 506 g/mol. The van der Waals surface area contributed by atoms with Gasteiger partial charge in [0, 0.05) is 23.9 Å². The number of carbonyl (C=O) groups is 2. The number of phenols is 1. The summed E-state index contributed by atoms with van der Waals surface area (Å²) < 4.78 is 11.1. The maximum atomic E-state index is 12.1. The fourth-order valence-corrected chi connectivity index (χ4v) is 3.52. The van der Waals surface area contributed by atoms with Crippen molar-refractivity contribution >= 4 is 35.9 Å². The highest BCUT2D eigenvalue weighted by Crippen LogP contribution is 2.25. The van der Waals surface area contributed by atoms with Gasteiger partial charge in [-0.2, -0.15) is 0 Å². The van der Waals surface area contributed by atoms with E-state index < -0.39 is 30.4 Å². The van der Waals surface area contributed by atoms with Crippen molar-refractivity contribution in [1.82, 2.24) is 0 Å². The molecule has 0 spiro atoms.